The molecule has 0 bridgehead atoms. The van der Waals surface area contributed by atoms with Crippen molar-refractivity contribution >= 4 is 29.9 Å². The van der Waals surface area contributed by atoms with E-state index in [-0.39, 0.29) is 24.0 Å². The second-order valence-corrected chi connectivity index (χ2v) is 5.79. The molecule has 0 saturated carbocycles. The van der Waals surface area contributed by atoms with Crippen LogP contribution in [0.4, 0.5) is 0 Å². The van der Waals surface area contributed by atoms with E-state index in [0.29, 0.717) is 5.92 Å². The Morgan fingerprint density at radius 2 is 1.89 bits per heavy atom. The summed E-state index contributed by atoms with van der Waals surface area (Å²) in [6.45, 7) is 7.78. The van der Waals surface area contributed by atoms with Crippen molar-refractivity contribution in [1.82, 2.24) is 9.80 Å². The van der Waals surface area contributed by atoms with Crippen molar-refractivity contribution in [3.63, 3.8) is 0 Å². The normalized spacial score (nSPS) is 27.3. The van der Waals surface area contributed by atoms with Crippen LogP contribution in [0.15, 0.2) is 4.99 Å². The van der Waals surface area contributed by atoms with Crippen LogP contribution in [0.2, 0.25) is 0 Å². The smallest absolute Gasteiger partial charge is 0.191 e. The molecule has 0 aromatic heterocycles. The molecule has 5 heteroatoms. The number of nitrogens with two attached hydrogens (primary N) is 1. The van der Waals surface area contributed by atoms with Crippen LogP contribution in [0.1, 0.15) is 26.2 Å². The Hall–Kier alpha value is -0.0400. The molecular formula is C13H27IN4. The maximum absolute atomic E-state index is 6.07. The molecule has 0 aromatic carbocycles. The lowest BCUT2D eigenvalue weighted by Crippen LogP contribution is -2.42. The zero-order valence-corrected chi connectivity index (χ0v) is 14.0. The summed E-state index contributed by atoms with van der Waals surface area (Å²) in [5, 5.41) is 0. The molecule has 0 aromatic rings. The molecule has 18 heavy (non-hydrogen) atoms. The van der Waals surface area contributed by atoms with Crippen molar-refractivity contribution in [3.8, 4) is 0 Å². The summed E-state index contributed by atoms with van der Waals surface area (Å²) >= 11 is 0. The minimum Gasteiger partial charge on any atom is -0.370 e. The minimum absolute atomic E-state index is 0. The third-order valence-electron chi connectivity index (χ3n) is 4.11. The van der Waals surface area contributed by atoms with E-state index in [1.54, 1.807) is 0 Å². The molecule has 2 aliphatic rings. The van der Waals surface area contributed by atoms with Crippen LogP contribution in [0.25, 0.3) is 0 Å². The van der Waals surface area contributed by atoms with Gasteiger partial charge in [-0.1, -0.05) is 6.92 Å². The van der Waals surface area contributed by atoms with E-state index in [1.807, 2.05) is 0 Å². The number of rotatable bonds is 2. The lowest BCUT2D eigenvalue weighted by atomic mass is 10.00. The lowest BCUT2D eigenvalue weighted by Gasteiger charge is -2.31. The van der Waals surface area contributed by atoms with Crippen LogP contribution in [0.5, 0.6) is 0 Å². The van der Waals surface area contributed by atoms with Crippen LogP contribution in [0, 0.1) is 11.8 Å². The highest BCUT2D eigenvalue weighted by Crippen LogP contribution is 2.17. The standard InChI is InChI=1S/C13H26N4.HI/c1-11-3-7-17(8-4-11)13(14)15-9-12-5-6-16(2)10-12;/h11-12H,3-10H2,1-2H3,(H2,14,15);1H. The number of nitrogens with zero attached hydrogens (tertiary/aromatic N) is 3. The predicted molar refractivity (Wildman–Crippen MR) is 87.5 cm³/mol. The second-order valence-electron chi connectivity index (χ2n) is 5.79. The Balaban J connectivity index is 0.00000162. The molecule has 2 heterocycles. The zero-order valence-electron chi connectivity index (χ0n) is 11.6. The number of aliphatic imine (C=N–C) groups is 1. The SMILES string of the molecule is CC1CCN(C(N)=NCC2CCN(C)C2)CC1.I. The fraction of sp³-hybridized carbons (Fsp3) is 0.923. The summed E-state index contributed by atoms with van der Waals surface area (Å²) < 4.78 is 0. The fourth-order valence-electron chi connectivity index (χ4n) is 2.74. The van der Waals surface area contributed by atoms with Crippen LogP contribution < -0.4 is 5.73 Å². The number of likely N-dealkylation sites (tertiary alicyclic amines) is 2. The maximum atomic E-state index is 6.07. The Morgan fingerprint density at radius 3 is 2.44 bits per heavy atom. The van der Waals surface area contributed by atoms with E-state index < -0.39 is 0 Å². The average molecular weight is 366 g/mol. The Kier molecular flexibility index (Phi) is 6.70. The summed E-state index contributed by atoms with van der Waals surface area (Å²) in [7, 11) is 2.18. The summed E-state index contributed by atoms with van der Waals surface area (Å²) in [5.74, 6) is 2.33. The van der Waals surface area contributed by atoms with Crippen molar-refractivity contribution in [2.75, 3.05) is 39.8 Å². The van der Waals surface area contributed by atoms with Gasteiger partial charge < -0.3 is 15.5 Å². The van der Waals surface area contributed by atoms with E-state index in [4.69, 9.17) is 5.73 Å². The van der Waals surface area contributed by atoms with Gasteiger partial charge in [0, 0.05) is 26.2 Å². The molecule has 1 atom stereocenters. The van der Waals surface area contributed by atoms with Crippen LogP contribution >= 0.6 is 24.0 Å². The first-order chi connectivity index (χ1) is 8.15. The largest absolute Gasteiger partial charge is 0.370 e. The van der Waals surface area contributed by atoms with Gasteiger partial charge in [-0.25, -0.2) is 0 Å². The fourth-order valence-corrected chi connectivity index (χ4v) is 2.74. The molecule has 0 aliphatic carbocycles. The number of piperidine rings is 1. The van der Waals surface area contributed by atoms with Gasteiger partial charge in [-0.2, -0.15) is 0 Å². The Bertz CT molecular complexity index is 274. The van der Waals surface area contributed by atoms with E-state index in [9.17, 15) is 0 Å². The number of guanidine groups is 1. The van der Waals surface area contributed by atoms with E-state index in [1.165, 1.54) is 32.4 Å². The Labute approximate surface area is 128 Å². The Morgan fingerprint density at radius 1 is 1.22 bits per heavy atom. The zero-order chi connectivity index (χ0) is 12.3. The van der Waals surface area contributed by atoms with Gasteiger partial charge in [-0.15, -0.1) is 24.0 Å². The monoisotopic (exact) mass is 366 g/mol. The van der Waals surface area contributed by atoms with Crippen molar-refractivity contribution in [3.05, 3.63) is 0 Å². The molecule has 0 spiro atoms. The highest BCUT2D eigenvalue weighted by atomic mass is 127. The summed E-state index contributed by atoms with van der Waals surface area (Å²) in [6.07, 6.45) is 3.77. The van der Waals surface area contributed by atoms with Gasteiger partial charge in [0.1, 0.15) is 0 Å². The third kappa shape index (κ3) is 4.57. The average Bonchev–Trinajstić information content (AvgIpc) is 2.73. The first-order valence-corrected chi connectivity index (χ1v) is 6.88. The number of halogens is 1. The molecule has 2 saturated heterocycles. The van der Waals surface area contributed by atoms with Gasteiger partial charge in [0.05, 0.1) is 0 Å². The van der Waals surface area contributed by atoms with Gasteiger partial charge in [0.2, 0.25) is 0 Å². The minimum atomic E-state index is 0. The quantitative estimate of drug-likeness (QED) is 0.459. The summed E-state index contributed by atoms with van der Waals surface area (Å²) in [4.78, 5) is 9.21. The first kappa shape index (κ1) is 16.0. The molecular weight excluding hydrogens is 339 g/mol. The van der Waals surface area contributed by atoms with E-state index in [0.717, 1.165) is 31.5 Å². The molecule has 2 aliphatic heterocycles. The first-order valence-electron chi connectivity index (χ1n) is 6.88. The van der Waals surface area contributed by atoms with Crippen molar-refractivity contribution < 1.29 is 0 Å². The van der Waals surface area contributed by atoms with Gasteiger partial charge in [-0.3, -0.25) is 4.99 Å². The summed E-state index contributed by atoms with van der Waals surface area (Å²) in [6, 6.07) is 0. The van der Waals surface area contributed by atoms with E-state index >= 15 is 0 Å². The molecule has 2 fully saturated rings. The molecule has 106 valence electrons. The molecule has 4 nitrogen and oxygen atoms in total. The van der Waals surface area contributed by atoms with Gasteiger partial charge in [-0.05, 0) is 44.7 Å². The third-order valence-corrected chi connectivity index (χ3v) is 4.11. The molecule has 0 amide bonds. The second kappa shape index (κ2) is 7.53. The molecule has 2 rings (SSSR count). The topological polar surface area (TPSA) is 44.9 Å². The molecule has 0 radical (unpaired) electrons. The van der Waals surface area contributed by atoms with Crippen LogP contribution in [0.3, 0.4) is 0 Å². The van der Waals surface area contributed by atoms with Crippen molar-refractivity contribution in [1.29, 1.82) is 0 Å². The van der Waals surface area contributed by atoms with Crippen molar-refractivity contribution in [2.45, 2.75) is 26.2 Å². The highest BCUT2D eigenvalue weighted by Gasteiger charge is 2.20. The van der Waals surface area contributed by atoms with Gasteiger partial charge in [0.15, 0.2) is 5.96 Å². The van der Waals surface area contributed by atoms with Gasteiger partial charge >= 0.3 is 0 Å². The van der Waals surface area contributed by atoms with Crippen LogP contribution in [-0.4, -0.2) is 55.5 Å². The predicted octanol–water partition coefficient (Wildman–Crippen LogP) is 1.60. The van der Waals surface area contributed by atoms with Gasteiger partial charge in [0.25, 0.3) is 0 Å². The summed E-state index contributed by atoms with van der Waals surface area (Å²) in [5.41, 5.74) is 6.07. The van der Waals surface area contributed by atoms with E-state index in [2.05, 4.69) is 28.8 Å². The maximum Gasteiger partial charge on any atom is 0.191 e. The van der Waals surface area contributed by atoms with Crippen LogP contribution in [-0.2, 0) is 0 Å². The van der Waals surface area contributed by atoms with Crippen molar-refractivity contribution in [2.24, 2.45) is 22.6 Å². The number of hydrogen-bond acceptors (Lipinski definition) is 2. The highest BCUT2D eigenvalue weighted by molar-refractivity contribution is 14.0. The molecule has 1 unspecified atom stereocenters. The lowest BCUT2D eigenvalue weighted by molar-refractivity contribution is 0.277. The molecule has 2 N–H and O–H groups in total. The number of hydrogen-bond donors (Lipinski definition) is 1.